The van der Waals surface area contributed by atoms with Crippen molar-refractivity contribution in [1.82, 2.24) is 10.2 Å². The first-order valence-corrected chi connectivity index (χ1v) is 10.4. The van der Waals surface area contributed by atoms with Crippen LogP contribution in [0.15, 0.2) is 18.2 Å². The fourth-order valence-electron chi connectivity index (χ4n) is 3.95. The molecule has 2 heterocycles. The van der Waals surface area contributed by atoms with Crippen LogP contribution in [0, 0.1) is 5.92 Å². The van der Waals surface area contributed by atoms with Crippen molar-refractivity contribution in [2.24, 2.45) is 5.92 Å². The monoisotopic (exact) mass is 432 g/mol. The maximum Gasteiger partial charge on any atom is 0.326 e. The van der Waals surface area contributed by atoms with Gasteiger partial charge in [0.05, 0.1) is 12.0 Å². The van der Waals surface area contributed by atoms with Gasteiger partial charge in [-0.1, -0.05) is 13.8 Å². The molecule has 0 aliphatic carbocycles. The highest BCUT2D eigenvalue weighted by molar-refractivity contribution is 6.00. The van der Waals surface area contributed by atoms with Gasteiger partial charge in [0, 0.05) is 38.9 Å². The van der Waals surface area contributed by atoms with E-state index >= 15 is 0 Å². The second-order valence-corrected chi connectivity index (χ2v) is 8.47. The molecule has 0 radical (unpaired) electrons. The molecule has 31 heavy (non-hydrogen) atoms. The Bertz CT molecular complexity index is 888. The number of fused-ring (bicyclic) bond motifs is 1. The minimum atomic E-state index is -1.11. The number of likely N-dealkylation sites (tertiary alicyclic amines) is 1. The molecule has 168 valence electrons. The van der Waals surface area contributed by atoms with E-state index < -0.39 is 23.5 Å². The summed E-state index contributed by atoms with van der Waals surface area (Å²) in [6.45, 7) is 5.65. The van der Waals surface area contributed by atoms with Crippen molar-refractivity contribution in [1.29, 1.82) is 0 Å². The number of rotatable bonds is 6. The van der Waals surface area contributed by atoms with Gasteiger partial charge in [-0.2, -0.15) is 0 Å². The molecule has 0 saturated carbocycles. The van der Waals surface area contributed by atoms with E-state index in [0.717, 1.165) is 0 Å². The number of ketones is 1. The lowest BCUT2D eigenvalue weighted by Gasteiger charge is -2.43. The number of benzene rings is 1. The number of aliphatic carboxylic acids is 1. The number of carboxylic acid groups (broad SMARTS) is 1. The number of piperidine rings is 1. The molecule has 1 spiro atoms. The van der Waals surface area contributed by atoms with Crippen molar-refractivity contribution < 1.29 is 33.8 Å². The van der Waals surface area contributed by atoms with Gasteiger partial charge in [0.15, 0.2) is 12.4 Å². The van der Waals surface area contributed by atoms with Crippen LogP contribution in [-0.2, 0) is 14.4 Å². The summed E-state index contributed by atoms with van der Waals surface area (Å²) in [6.07, 6.45) is 1.40. The highest BCUT2D eigenvalue weighted by Crippen LogP contribution is 2.40. The van der Waals surface area contributed by atoms with Gasteiger partial charge in [0.2, 0.25) is 5.91 Å². The van der Waals surface area contributed by atoms with Crippen molar-refractivity contribution >= 4 is 23.6 Å². The lowest BCUT2D eigenvalue weighted by Crippen LogP contribution is -2.51. The summed E-state index contributed by atoms with van der Waals surface area (Å²) in [4.78, 5) is 49.3. The van der Waals surface area contributed by atoms with Gasteiger partial charge in [0.1, 0.15) is 23.1 Å². The summed E-state index contributed by atoms with van der Waals surface area (Å²) in [5, 5.41) is 11.6. The molecule has 1 atom stereocenters. The molecule has 9 nitrogen and oxygen atoms in total. The number of carbonyl (C=O) groups is 4. The van der Waals surface area contributed by atoms with E-state index in [4.69, 9.17) is 9.47 Å². The van der Waals surface area contributed by atoms with Crippen molar-refractivity contribution in [2.45, 2.75) is 51.7 Å². The van der Waals surface area contributed by atoms with Crippen molar-refractivity contribution in [2.75, 3.05) is 19.7 Å². The molecule has 2 N–H and O–H groups in total. The highest BCUT2D eigenvalue weighted by atomic mass is 16.5. The van der Waals surface area contributed by atoms with Crippen LogP contribution in [0.4, 0.5) is 0 Å². The Hall–Kier alpha value is -3.10. The van der Waals surface area contributed by atoms with E-state index in [-0.39, 0.29) is 30.6 Å². The van der Waals surface area contributed by atoms with Gasteiger partial charge in [-0.15, -0.1) is 0 Å². The number of nitrogens with zero attached hydrogens (tertiary/aromatic N) is 1. The van der Waals surface area contributed by atoms with Gasteiger partial charge in [-0.3, -0.25) is 14.4 Å². The molecule has 3 rings (SSSR count). The zero-order chi connectivity index (χ0) is 22.8. The van der Waals surface area contributed by atoms with E-state index in [9.17, 15) is 24.3 Å². The smallest absolute Gasteiger partial charge is 0.326 e. The van der Waals surface area contributed by atoms with E-state index in [1.807, 2.05) is 0 Å². The Balaban J connectivity index is 1.65. The third kappa shape index (κ3) is 5.15. The van der Waals surface area contributed by atoms with E-state index in [2.05, 4.69) is 5.32 Å². The summed E-state index contributed by atoms with van der Waals surface area (Å²) < 4.78 is 11.7. The Morgan fingerprint density at radius 1 is 1.26 bits per heavy atom. The van der Waals surface area contributed by atoms with Crippen molar-refractivity contribution in [3.8, 4) is 11.5 Å². The second kappa shape index (κ2) is 8.95. The SMILES string of the molecule is CC(=O)N1CCC2(CC1)CC(=O)c1ccc(OCC(=O)N[C@H](C(=O)O)C(C)C)cc1O2. The second-order valence-electron chi connectivity index (χ2n) is 8.47. The predicted octanol–water partition coefficient (Wildman–Crippen LogP) is 1.64. The van der Waals surface area contributed by atoms with Crippen LogP contribution >= 0.6 is 0 Å². The molecule has 1 aromatic carbocycles. The van der Waals surface area contributed by atoms with E-state index in [0.29, 0.717) is 43.0 Å². The number of nitrogens with one attached hydrogen (secondary N) is 1. The Kier molecular flexibility index (Phi) is 6.52. The molecule has 2 aliphatic rings. The molecular formula is C22H28N2O7. The number of carboxylic acids is 1. The molecule has 1 aromatic rings. The first kappa shape index (κ1) is 22.6. The number of ether oxygens (including phenoxy) is 2. The summed E-state index contributed by atoms with van der Waals surface area (Å²) in [7, 11) is 0. The van der Waals surface area contributed by atoms with E-state index in [1.165, 1.54) is 6.92 Å². The van der Waals surface area contributed by atoms with Gasteiger partial charge >= 0.3 is 5.97 Å². The summed E-state index contributed by atoms with van der Waals surface area (Å²) >= 11 is 0. The Morgan fingerprint density at radius 2 is 1.94 bits per heavy atom. The van der Waals surface area contributed by atoms with Gasteiger partial charge in [-0.05, 0) is 18.1 Å². The average Bonchev–Trinajstić information content (AvgIpc) is 2.70. The van der Waals surface area contributed by atoms with Crippen molar-refractivity contribution in [3.05, 3.63) is 23.8 Å². The third-order valence-corrected chi connectivity index (χ3v) is 5.80. The quantitative estimate of drug-likeness (QED) is 0.701. The number of carbonyl (C=O) groups excluding carboxylic acids is 3. The first-order chi connectivity index (χ1) is 14.6. The minimum absolute atomic E-state index is 0.00829. The summed E-state index contributed by atoms with van der Waals surface area (Å²) in [5.74, 6) is -1.20. The molecule has 0 aromatic heterocycles. The van der Waals surface area contributed by atoms with Gasteiger partial charge in [-0.25, -0.2) is 4.79 Å². The normalized spacial score (nSPS) is 18.2. The number of hydrogen-bond donors (Lipinski definition) is 2. The third-order valence-electron chi connectivity index (χ3n) is 5.80. The molecule has 2 amide bonds. The standard InChI is InChI=1S/C22H28N2O7/c1-13(2)20(21(28)29)23-19(27)12-30-15-4-5-16-17(26)11-22(31-18(16)10-15)6-8-24(9-7-22)14(3)25/h4-5,10,13,20H,6-9,11-12H2,1-3H3,(H,23,27)(H,28,29)/t20-/m0/s1. The molecule has 0 bridgehead atoms. The lowest BCUT2D eigenvalue weighted by atomic mass is 9.82. The van der Waals surface area contributed by atoms with Crippen LogP contribution in [0.3, 0.4) is 0 Å². The topological polar surface area (TPSA) is 122 Å². The summed E-state index contributed by atoms with van der Waals surface area (Å²) in [5.41, 5.74) is -0.181. The first-order valence-electron chi connectivity index (χ1n) is 10.4. The average molecular weight is 432 g/mol. The van der Waals surface area contributed by atoms with Crippen LogP contribution in [0.25, 0.3) is 0 Å². The number of Topliss-reactive ketones (excluding diaryl/α,β-unsaturated/α-hetero) is 1. The van der Waals surface area contributed by atoms with Gasteiger partial charge in [0.25, 0.3) is 5.91 Å². The van der Waals surface area contributed by atoms with Gasteiger partial charge < -0.3 is 24.8 Å². The van der Waals surface area contributed by atoms with Crippen LogP contribution < -0.4 is 14.8 Å². The number of hydrogen-bond acceptors (Lipinski definition) is 6. The Morgan fingerprint density at radius 3 is 2.52 bits per heavy atom. The largest absolute Gasteiger partial charge is 0.486 e. The van der Waals surface area contributed by atoms with E-state index in [1.54, 1.807) is 36.9 Å². The molecule has 0 unspecified atom stereocenters. The maximum atomic E-state index is 12.7. The van der Waals surface area contributed by atoms with Crippen molar-refractivity contribution in [3.63, 3.8) is 0 Å². The lowest BCUT2D eigenvalue weighted by molar-refractivity contribution is -0.143. The van der Waals surface area contributed by atoms with Crippen LogP contribution in [-0.4, -0.2) is 64.9 Å². The molecule has 1 fully saturated rings. The molecular weight excluding hydrogens is 404 g/mol. The maximum absolute atomic E-state index is 12.7. The fraction of sp³-hybridized carbons (Fsp3) is 0.545. The predicted molar refractivity (Wildman–Crippen MR) is 110 cm³/mol. The summed E-state index contributed by atoms with van der Waals surface area (Å²) in [6, 6.07) is 3.77. The highest BCUT2D eigenvalue weighted by Gasteiger charge is 2.43. The number of amides is 2. The van der Waals surface area contributed by atoms with Crippen LogP contribution in [0.1, 0.15) is 50.4 Å². The zero-order valence-corrected chi connectivity index (χ0v) is 18.0. The zero-order valence-electron chi connectivity index (χ0n) is 18.0. The molecule has 1 saturated heterocycles. The molecule has 9 heteroatoms. The fourth-order valence-corrected chi connectivity index (χ4v) is 3.95. The molecule has 2 aliphatic heterocycles. The minimum Gasteiger partial charge on any atom is -0.486 e. The van der Waals surface area contributed by atoms with Crippen LogP contribution in [0.2, 0.25) is 0 Å². The Labute approximate surface area is 180 Å². The van der Waals surface area contributed by atoms with Crippen LogP contribution in [0.5, 0.6) is 11.5 Å².